The van der Waals surface area contributed by atoms with Crippen molar-refractivity contribution < 1.29 is 24.2 Å². The summed E-state index contributed by atoms with van der Waals surface area (Å²) >= 11 is 0. The van der Waals surface area contributed by atoms with Crippen LogP contribution in [0.2, 0.25) is 0 Å². The number of amides is 3. The maximum absolute atomic E-state index is 13.4. The number of fused-ring (bicyclic) bond motifs is 1. The van der Waals surface area contributed by atoms with E-state index in [0.29, 0.717) is 37.5 Å². The number of hydrogen-bond donors (Lipinski definition) is 4. The van der Waals surface area contributed by atoms with Crippen LogP contribution in [-0.4, -0.2) is 76.8 Å². The highest BCUT2D eigenvalue weighted by molar-refractivity contribution is 5.97. The molecule has 2 heterocycles. The van der Waals surface area contributed by atoms with Gasteiger partial charge in [0.15, 0.2) is 0 Å². The number of aliphatic hydroxyl groups is 1. The first-order chi connectivity index (χ1) is 21.1. The molecular formula is C34H45N5O5. The zero-order valence-electron chi connectivity index (χ0n) is 26.0. The second kappa shape index (κ2) is 15.6. The molecule has 2 unspecified atom stereocenters. The lowest BCUT2D eigenvalue weighted by atomic mass is 10.0. The van der Waals surface area contributed by atoms with Crippen LogP contribution in [0.4, 0.5) is 4.79 Å². The standard InChI is InChI=1S/C34H45N5O5/c1-22(2)16-26(35-34(43)44-21-24-10-6-5-7-11-24)18-39-19-30(31(40)20-39)38-33(42)29(17-23(3)4)37-32(41)28-15-14-25-12-8-9-13-27(25)36-28/h5-15,22-23,26,29-31,40H,16-21H2,1-4H3,(H,35,43)(H,37,41)(H,38,42)/t26-,29-,30?,31?/m0/s1. The molecule has 1 aliphatic rings. The average Bonchev–Trinajstić information content (AvgIpc) is 3.32. The molecule has 0 radical (unpaired) electrons. The zero-order valence-corrected chi connectivity index (χ0v) is 26.0. The number of benzene rings is 2. The molecule has 236 valence electrons. The van der Waals surface area contributed by atoms with Crippen molar-refractivity contribution in [1.29, 1.82) is 0 Å². The fourth-order valence-corrected chi connectivity index (χ4v) is 5.56. The molecule has 0 saturated carbocycles. The Hall–Kier alpha value is -4.02. The van der Waals surface area contributed by atoms with E-state index >= 15 is 0 Å². The number of carbonyl (C=O) groups excluding carboxylic acids is 3. The number of pyridine rings is 1. The molecule has 1 aliphatic heterocycles. The van der Waals surface area contributed by atoms with E-state index in [-0.39, 0.29) is 30.2 Å². The largest absolute Gasteiger partial charge is 0.445 e. The van der Waals surface area contributed by atoms with E-state index in [4.69, 9.17) is 4.74 Å². The van der Waals surface area contributed by atoms with E-state index in [9.17, 15) is 19.5 Å². The van der Waals surface area contributed by atoms with Gasteiger partial charge in [0.2, 0.25) is 5.91 Å². The lowest BCUT2D eigenvalue weighted by Crippen LogP contribution is -2.53. The first kappa shape index (κ1) is 32.9. The summed E-state index contributed by atoms with van der Waals surface area (Å²) in [7, 11) is 0. The van der Waals surface area contributed by atoms with Crippen LogP contribution >= 0.6 is 0 Å². The number of ether oxygens (including phenoxy) is 1. The van der Waals surface area contributed by atoms with E-state index in [1.165, 1.54) is 0 Å². The summed E-state index contributed by atoms with van der Waals surface area (Å²) in [4.78, 5) is 45.6. The van der Waals surface area contributed by atoms with Crippen LogP contribution in [0.25, 0.3) is 10.9 Å². The van der Waals surface area contributed by atoms with Crippen molar-refractivity contribution in [2.45, 2.75) is 71.4 Å². The number of likely N-dealkylation sites (tertiary alicyclic amines) is 1. The lowest BCUT2D eigenvalue weighted by Gasteiger charge is -2.26. The SMILES string of the molecule is CC(C)C[C@@H](CN1CC(O)C(NC(=O)[C@H](CC(C)C)NC(=O)c2ccc3ccccc3n2)C1)NC(=O)OCc1ccccc1. The van der Waals surface area contributed by atoms with Crippen LogP contribution in [0.1, 0.15) is 56.6 Å². The van der Waals surface area contributed by atoms with Crippen LogP contribution < -0.4 is 16.0 Å². The highest BCUT2D eigenvalue weighted by Crippen LogP contribution is 2.16. The third-order valence-corrected chi connectivity index (χ3v) is 7.62. The molecule has 3 aromatic rings. The zero-order chi connectivity index (χ0) is 31.6. The minimum Gasteiger partial charge on any atom is -0.445 e. The van der Waals surface area contributed by atoms with Crippen molar-refractivity contribution in [3.05, 3.63) is 78.0 Å². The molecule has 3 amide bonds. The fourth-order valence-electron chi connectivity index (χ4n) is 5.56. The second-order valence-corrected chi connectivity index (χ2v) is 12.5. The summed E-state index contributed by atoms with van der Waals surface area (Å²) in [6, 6.07) is 19.0. The van der Waals surface area contributed by atoms with Crippen LogP contribution in [0.15, 0.2) is 66.7 Å². The smallest absolute Gasteiger partial charge is 0.407 e. The number of aromatic nitrogens is 1. The summed E-state index contributed by atoms with van der Waals surface area (Å²) in [6.45, 7) is 9.59. The maximum atomic E-state index is 13.4. The summed E-state index contributed by atoms with van der Waals surface area (Å²) in [6.07, 6.45) is -0.114. The Kier molecular flexibility index (Phi) is 11.7. The van der Waals surface area contributed by atoms with E-state index in [1.807, 2.05) is 79.4 Å². The van der Waals surface area contributed by atoms with Gasteiger partial charge in [-0.1, -0.05) is 82.3 Å². The molecule has 0 spiro atoms. The molecule has 2 aromatic carbocycles. The van der Waals surface area contributed by atoms with Crippen molar-refractivity contribution in [1.82, 2.24) is 25.8 Å². The van der Waals surface area contributed by atoms with Crippen LogP contribution in [0.3, 0.4) is 0 Å². The number of alkyl carbamates (subject to hydrolysis) is 1. The Balaban J connectivity index is 1.33. The Morgan fingerprint density at radius 3 is 2.34 bits per heavy atom. The molecule has 0 aliphatic carbocycles. The number of nitrogens with one attached hydrogen (secondary N) is 3. The molecule has 4 atom stereocenters. The van der Waals surface area contributed by atoms with Gasteiger partial charge in [0.05, 0.1) is 17.7 Å². The number of nitrogens with zero attached hydrogens (tertiary/aromatic N) is 2. The monoisotopic (exact) mass is 603 g/mol. The Labute approximate surface area is 259 Å². The predicted octanol–water partition coefficient (Wildman–Crippen LogP) is 3.88. The number of hydrogen-bond acceptors (Lipinski definition) is 7. The van der Waals surface area contributed by atoms with Gasteiger partial charge in [-0.15, -0.1) is 0 Å². The van der Waals surface area contributed by atoms with Gasteiger partial charge < -0.3 is 25.8 Å². The number of aliphatic hydroxyl groups excluding tert-OH is 1. The summed E-state index contributed by atoms with van der Waals surface area (Å²) in [5.41, 5.74) is 1.85. The highest BCUT2D eigenvalue weighted by Gasteiger charge is 2.35. The van der Waals surface area contributed by atoms with Gasteiger partial charge in [0.25, 0.3) is 5.91 Å². The van der Waals surface area contributed by atoms with E-state index in [1.54, 1.807) is 6.07 Å². The third kappa shape index (κ3) is 9.75. The molecule has 1 aromatic heterocycles. The molecule has 10 heteroatoms. The quantitative estimate of drug-likeness (QED) is 0.233. The second-order valence-electron chi connectivity index (χ2n) is 12.5. The van der Waals surface area contributed by atoms with E-state index in [0.717, 1.165) is 17.4 Å². The van der Waals surface area contributed by atoms with Gasteiger partial charge in [-0.05, 0) is 42.4 Å². The van der Waals surface area contributed by atoms with Gasteiger partial charge in [-0.2, -0.15) is 0 Å². The van der Waals surface area contributed by atoms with Crippen molar-refractivity contribution >= 4 is 28.8 Å². The number of β-amino-alcohol motifs (C(OH)–C–C–N with tert-alkyl or cyclic N) is 1. The first-order valence-corrected chi connectivity index (χ1v) is 15.4. The summed E-state index contributed by atoms with van der Waals surface area (Å²) < 4.78 is 5.43. The van der Waals surface area contributed by atoms with Crippen molar-refractivity contribution in [3.8, 4) is 0 Å². The van der Waals surface area contributed by atoms with Gasteiger partial charge in [-0.3, -0.25) is 14.5 Å². The van der Waals surface area contributed by atoms with E-state index in [2.05, 4.69) is 34.8 Å². The predicted molar refractivity (Wildman–Crippen MR) is 170 cm³/mol. The Morgan fingerprint density at radius 1 is 0.909 bits per heavy atom. The number of carbonyl (C=O) groups is 3. The minimum absolute atomic E-state index is 0.144. The van der Waals surface area contributed by atoms with Crippen LogP contribution in [0.5, 0.6) is 0 Å². The topological polar surface area (TPSA) is 133 Å². The molecule has 4 rings (SSSR count). The first-order valence-electron chi connectivity index (χ1n) is 15.4. The maximum Gasteiger partial charge on any atom is 0.407 e. The third-order valence-electron chi connectivity index (χ3n) is 7.62. The molecule has 4 N–H and O–H groups in total. The number of rotatable bonds is 13. The molecule has 0 bridgehead atoms. The van der Waals surface area contributed by atoms with Gasteiger partial charge in [0.1, 0.15) is 18.3 Å². The molecule has 1 fully saturated rings. The molecule has 1 saturated heterocycles. The molecule has 10 nitrogen and oxygen atoms in total. The van der Waals surface area contributed by atoms with Crippen molar-refractivity contribution in [2.24, 2.45) is 11.8 Å². The van der Waals surface area contributed by atoms with E-state index < -0.39 is 30.2 Å². The molecule has 44 heavy (non-hydrogen) atoms. The minimum atomic E-state index is -0.791. The summed E-state index contributed by atoms with van der Waals surface area (Å²) in [5, 5.41) is 20.6. The lowest BCUT2D eigenvalue weighted by molar-refractivity contribution is -0.124. The van der Waals surface area contributed by atoms with Crippen LogP contribution in [-0.2, 0) is 16.1 Å². The van der Waals surface area contributed by atoms with Crippen molar-refractivity contribution in [2.75, 3.05) is 19.6 Å². The summed E-state index contributed by atoms with van der Waals surface area (Å²) in [5.74, 6) is -0.299. The Morgan fingerprint density at radius 2 is 1.61 bits per heavy atom. The van der Waals surface area contributed by atoms with Gasteiger partial charge in [0, 0.05) is 31.1 Å². The van der Waals surface area contributed by atoms with Crippen LogP contribution in [0, 0.1) is 11.8 Å². The Bertz CT molecular complexity index is 1400. The normalized spacial score (nSPS) is 18.2. The van der Waals surface area contributed by atoms with Gasteiger partial charge in [-0.25, -0.2) is 9.78 Å². The fraction of sp³-hybridized carbons (Fsp3) is 0.471. The average molecular weight is 604 g/mol. The highest BCUT2D eigenvalue weighted by atomic mass is 16.5. The molecular weight excluding hydrogens is 558 g/mol. The van der Waals surface area contributed by atoms with Crippen molar-refractivity contribution in [3.63, 3.8) is 0 Å². The number of para-hydroxylation sites is 1. The van der Waals surface area contributed by atoms with Gasteiger partial charge >= 0.3 is 6.09 Å².